The number of benzene rings is 3. The van der Waals surface area contributed by atoms with Crippen LogP contribution in [0.15, 0.2) is 66.7 Å². The molecule has 2 N–H and O–H groups in total. The Morgan fingerprint density at radius 1 is 0.821 bits per heavy atom. The number of nitrogens with one attached hydrogen (secondary N) is 1. The van der Waals surface area contributed by atoms with E-state index in [1.165, 1.54) is 0 Å². The molecule has 1 aliphatic heterocycles. The zero-order valence-corrected chi connectivity index (χ0v) is 22.6. The van der Waals surface area contributed by atoms with Crippen LogP contribution >= 0.6 is 0 Å². The number of amides is 3. The lowest BCUT2D eigenvalue weighted by atomic mass is 9.97. The number of aromatic hydroxyl groups is 1. The minimum Gasteiger partial charge on any atom is -0.508 e. The molecule has 0 aliphatic carbocycles. The highest BCUT2D eigenvalue weighted by atomic mass is 16.6. The zero-order chi connectivity index (χ0) is 28.2. The van der Waals surface area contributed by atoms with Crippen molar-refractivity contribution in [1.82, 2.24) is 9.80 Å². The maximum Gasteiger partial charge on any atom is 0.410 e. The largest absolute Gasteiger partial charge is 0.508 e. The predicted octanol–water partition coefficient (Wildman–Crippen LogP) is 5.01. The van der Waals surface area contributed by atoms with Crippen LogP contribution in [-0.4, -0.2) is 71.7 Å². The fourth-order valence-electron chi connectivity index (χ4n) is 4.27. The first-order valence-corrected chi connectivity index (χ1v) is 12.7. The molecule has 0 bridgehead atoms. The van der Waals surface area contributed by atoms with Gasteiger partial charge in [-0.25, -0.2) is 4.79 Å². The summed E-state index contributed by atoms with van der Waals surface area (Å²) in [4.78, 5) is 42.8. The van der Waals surface area contributed by atoms with Crippen molar-refractivity contribution < 1.29 is 29.0 Å². The fraction of sp³-hybridized carbons (Fsp3) is 0.300. The maximum atomic E-state index is 13.6. The maximum absolute atomic E-state index is 13.6. The summed E-state index contributed by atoms with van der Waals surface area (Å²) >= 11 is 0. The number of carbonyl (C=O) groups excluding carboxylic acids is 3. The van der Waals surface area contributed by atoms with E-state index in [0.29, 0.717) is 48.7 Å². The monoisotopic (exact) mass is 531 g/mol. The molecule has 3 amide bonds. The Kier molecular flexibility index (Phi) is 8.09. The summed E-state index contributed by atoms with van der Waals surface area (Å²) in [6.07, 6.45) is -0.413. The van der Waals surface area contributed by atoms with Gasteiger partial charge in [-0.3, -0.25) is 9.59 Å². The quantitative estimate of drug-likeness (QED) is 0.479. The Labute approximate surface area is 227 Å². The van der Waals surface area contributed by atoms with Gasteiger partial charge in [-0.15, -0.1) is 0 Å². The van der Waals surface area contributed by atoms with E-state index in [2.05, 4.69) is 5.32 Å². The molecule has 0 saturated carbocycles. The molecule has 9 nitrogen and oxygen atoms in total. The van der Waals surface area contributed by atoms with Gasteiger partial charge in [-0.05, 0) is 68.3 Å². The van der Waals surface area contributed by atoms with Crippen molar-refractivity contribution in [2.75, 3.05) is 38.6 Å². The van der Waals surface area contributed by atoms with Crippen LogP contribution in [0.1, 0.15) is 41.5 Å². The summed E-state index contributed by atoms with van der Waals surface area (Å²) in [5.74, 6) is -0.0866. The third-order valence-corrected chi connectivity index (χ3v) is 6.22. The van der Waals surface area contributed by atoms with Crippen LogP contribution in [0.25, 0.3) is 11.1 Å². The number of piperazine rings is 1. The van der Waals surface area contributed by atoms with Gasteiger partial charge in [0.2, 0.25) is 0 Å². The first-order chi connectivity index (χ1) is 18.5. The summed E-state index contributed by atoms with van der Waals surface area (Å²) in [6.45, 7) is 6.70. The van der Waals surface area contributed by atoms with Crippen LogP contribution < -0.4 is 10.1 Å². The third kappa shape index (κ3) is 6.87. The second-order valence-electron chi connectivity index (χ2n) is 10.3. The molecule has 3 aromatic carbocycles. The van der Waals surface area contributed by atoms with E-state index in [0.717, 1.165) is 0 Å². The number of phenolic OH excluding ortho intramolecular Hbond substituents is 1. The molecule has 0 radical (unpaired) electrons. The van der Waals surface area contributed by atoms with Crippen molar-refractivity contribution in [2.24, 2.45) is 0 Å². The van der Waals surface area contributed by atoms with Gasteiger partial charge in [-0.1, -0.05) is 24.3 Å². The normalized spacial score (nSPS) is 13.5. The first-order valence-electron chi connectivity index (χ1n) is 12.7. The number of nitrogens with zero attached hydrogens (tertiary/aromatic N) is 2. The molecule has 204 valence electrons. The van der Waals surface area contributed by atoms with Gasteiger partial charge in [0.05, 0.1) is 18.2 Å². The van der Waals surface area contributed by atoms with Crippen LogP contribution in [0.5, 0.6) is 11.5 Å². The number of phenols is 1. The summed E-state index contributed by atoms with van der Waals surface area (Å²) in [5, 5.41) is 12.8. The molecular weight excluding hydrogens is 498 g/mol. The van der Waals surface area contributed by atoms with Crippen LogP contribution in [0.4, 0.5) is 10.5 Å². The minimum absolute atomic E-state index is 0.0953. The molecule has 4 rings (SSSR count). The lowest BCUT2D eigenvalue weighted by Crippen LogP contribution is -2.51. The van der Waals surface area contributed by atoms with Crippen LogP contribution in [0.3, 0.4) is 0 Å². The highest BCUT2D eigenvalue weighted by molar-refractivity contribution is 6.13. The number of carbonyl (C=O) groups is 3. The summed E-state index contributed by atoms with van der Waals surface area (Å²) in [7, 11) is 1.54. The van der Waals surface area contributed by atoms with E-state index in [1.54, 1.807) is 77.6 Å². The van der Waals surface area contributed by atoms with Crippen molar-refractivity contribution in [3.05, 3.63) is 77.9 Å². The van der Waals surface area contributed by atoms with Gasteiger partial charge in [0.1, 0.15) is 17.1 Å². The van der Waals surface area contributed by atoms with E-state index in [4.69, 9.17) is 9.47 Å². The van der Waals surface area contributed by atoms with E-state index in [1.807, 2.05) is 26.8 Å². The highest BCUT2D eigenvalue weighted by Gasteiger charge is 2.30. The third-order valence-electron chi connectivity index (χ3n) is 6.22. The van der Waals surface area contributed by atoms with Gasteiger partial charge in [0, 0.05) is 37.9 Å². The highest BCUT2D eigenvalue weighted by Crippen LogP contribution is 2.27. The topological polar surface area (TPSA) is 108 Å². The Hall–Kier alpha value is -4.53. The Morgan fingerprint density at radius 2 is 1.49 bits per heavy atom. The first kappa shape index (κ1) is 27.5. The molecule has 9 heteroatoms. The predicted molar refractivity (Wildman–Crippen MR) is 148 cm³/mol. The Bertz CT molecular complexity index is 1370. The summed E-state index contributed by atoms with van der Waals surface area (Å²) in [6, 6.07) is 18.7. The molecule has 0 unspecified atom stereocenters. The van der Waals surface area contributed by atoms with Crippen molar-refractivity contribution >= 4 is 23.6 Å². The standard InChI is InChI=1S/C30H33N3O6/c1-30(2,3)39-29(37)33-15-13-32(14-16-33)28(36)25-12-11-21(20-7-5-9-23(34)17-20)18-26(25)27(35)31-22-8-6-10-24(19-22)38-4/h5-12,17-19,34H,13-16H2,1-4H3,(H,31,35). The lowest BCUT2D eigenvalue weighted by Gasteiger charge is -2.35. The van der Waals surface area contributed by atoms with Gasteiger partial charge < -0.3 is 29.7 Å². The Morgan fingerprint density at radius 3 is 2.15 bits per heavy atom. The van der Waals surface area contributed by atoms with Crippen LogP contribution in [-0.2, 0) is 4.74 Å². The number of ether oxygens (including phenoxy) is 2. The number of hydrogen-bond acceptors (Lipinski definition) is 6. The molecular formula is C30H33N3O6. The van der Waals surface area contributed by atoms with Gasteiger partial charge in [-0.2, -0.15) is 0 Å². The molecule has 0 aromatic heterocycles. The van der Waals surface area contributed by atoms with E-state index in [-0.39, 0.29) is 22.8 Å². The number of anilines is 1. The van der Waals surface area contributed by atoms with E-state index < -0.39 is 17.6 Å². The fourth-order valence-corrected chi connectivity index (χ4v) is 4.27. The van der Waals surface area contributed by atoms with Gasteiger partial charge >= 0.3 is 6.09 Å². The SMILES string of the molecule is COc1cccc(NC(=O)c2cc(-c3cccc(O)c3)ccc2C(=O)N2CCN(C(=O)OC(C)(C)C)CC2)c1. The van der Waals surface area contributed by atoms with Crippen LogP contribution in [0, 0.1) is 0 Å². The van der Waals surface area contributed by atoms with Crippen molar-refractivity contribution in [3.63, 3.8) is 0 Å². The molecule has 1 saturated heterocycles. The Balaban J connectivity index is 1.60. The van der Waals surface area contributed by atoms with Crippen molar-refractivity contribution in [2.45, 2.75) is 26.4 Å². The van der Waals surface area contributed by atoms with E-state index in [9.17, 15) is 19.5 Å². The van der Waals surface area contributed by atoms with Gasteiger partial charge in [0.25, 0.3) is 11.8 Å². The number of hydrogen-bond donors (Lipinski definition) is 2. The minimum atomic E-state index is -0.605. The smallest absolute Gasteiger partial charge is 0.410 e. The second-order valence-corrected chi connectivity index (χ2v) is 10.3. The summed E-state index contributed by atoms with van der Waals surface area (Å²) in [5.41, 5.74) is 1.73. The average Bonchev–Trinajstić information content (AvgIpc) is 2.91. The summed E-state index contributed by atoms with van der Waals surface area (Å²) < 4.78 is 10.7. The van der Waals surface area contributed by atoms with Crippen molar-refractivity contribution in [1.29, 1.82) is 0 Å². The molecule has 1 heterocycles. The molecule has 0 atom stereocenters. The lowest BCUT2D eigenvalue weighted by molar-refractivity contribution is 0.0141. The van der Waals surface area contributed by atoms with Crippen molar-refractivity contribution in [3.8, 4) is 22.6 Å². The average molecular weight is 532 g/mol. The number of methoxy groups -OCH3 is 1. The molecule has 39 heavy (non-hydrogen) atoms. The second kappa shape index (κ2) is 11.5. The zero-order valence-electron chi connectivity index (χ0n) is 22.6. The van der Waals surface area contributed by atoms with Gasteiger partial charge in [0.15, 0.2) is 0 Å². The number of rotatable bonds is 5. The molecule has 3 aromatic rings. The van der Waals surface area contributed by atoms with Crippen LogP contribution in [0.2, 0.25) is 0 Å². The molecule has 1 fully saturated rings. The molecule has 1 aliphatic rings. The molecule has 0 spiro atoms. The van der Waals surface area contributed by atoms with E-state index >= 15 is 0 Å².